The second-order valence-corrected chi connectivity index (χ2v) is 8.50. The van der Waals surface area contributed by atoms with E-state index in [2.05, 4.69) is 10.3 Å². The minimum Gasteiger partial charge on any atom is -0.482 e. The van der Waals surface area contributed by atoms with Gasteiger partial charge in [0.2, 0.25) is 0 Å². The molecule has 7 nitrogen and oxygen atoms in total. The number of carbonyl (C=O) groups excluding carboxylic acids is 1. The van der Waals surface area contributed by atoms with Crippen molar-refractivity contribution in [3.8, 4) is 16.9 Å². The van der Waals surface area contributed by atoms with E-state index in [1.54, 1.807) is 36.2 Å². The zero-order valence-electron chi connectivity index (χ0n) is 18.4. The number of urea groups is 1. The van der Waals surface area contributed by atoms with Gasteiger partial charge in [-0.15, -0.1) is 0 Å². The van der Waals surface area contributed by atoms with Crippen molar-refractivity contribution < 1.29 is 18.3 Å². The Morgan fingerprint density at radius 1 is 1.21 bits per heavy atom. The summed E-state index contributed by atoms with van der Waals surface area (Å²) >= 11 is 5.94. The van der Waals surface area contributed by atoms with E-state index in [-0.39, 0.29) is 34.2 Å². The minimum absolute atomic E-state index is 0.0127. The second-order valence-electron chi connectivity index (χ2n) is 8.13. The first-order valence-electron chi connectivity index (χ1n) is 10.7. The molecule has 2 heterocycles. The number of rotatable bonds is 5. The lowest BCUT2D eigenvalue weighted by molar-refractivity contribution is 0.221. The highest BCUT2D eigenvalue weighted by Crippen LogP contribution is 2.35. The summed E-state index contributed by atoms with van der Waals surface area (Å²) in [6.45, 7) is 2.71. The van der Waals surface area contributed by atoms with E-state index in [4.69, 9.17) is 27.8 Å². The molecule has 1 aliphatic rings. The van der Waals surface area contributed by atoms with Gasteiger partial charge >= 0.3 is 6.03 Å². The van der Waals surface area contributed by atoms with Crippen molar-refractivity contribution in [2.75, 3.05) is 24.1 Å². The van der Waals surface area contributed by atoms with Crippen LogP contribution in [-0.4, -0.2) is 35.0 Å². The lowest BCUT2D eigenvalue weighted by Gasteiger charge is -2.19. The summed E-state index contributed by atoms with van der Waals surface area (Å²) in [5.74, 6) is -1.13. The highest BCUT2D eigenvalue weighted by Gasteiger charge is 2.24. The zero-order valence-corrected chi connectivity index (χ0v) is 19.2. The van der Waals surface area contributed by atoms with E-state index >= 15 is 0 Å². The van der Waals surface area contributed by atoms with Crippen LogP contribution in [0.25, 0.3) is 11.1 Å². The molecule has 1 aliphatic heterocycles. The zero-order chi connectivity index (χ0) is 24.4. The number of pyridine rings is 1. The largest absolute Gasteiger partial charge is 0.482 e. The first-order chi connectivity index (χ1) is 16.2. The van der Waals surface area contributed by atoms with Gasteiger partial charge in [0.25, 0.3) is 0 Å². The summed E-state index contributed by atoms with van der Waals surface area (Å²) < 4.78 is 33.9. The van der Waals surface area contributed by atoms with E-state index in [1.807, 2.05) is 12.1 Å². The molecule has 2 atom stereocenters. The van der Waals surface area contributed by atoms with Crippen LogP contribution in [0.1, 0.15) is 25.0 Å². The molecular formula is C24H24ClF2N5O2. The van der Waals surface area contributed by atoms with Gasteiger partial charge in [-0.05, 0) is 49.2 Å². The first-order valence-corrected chi connectivity index (χ1v) is 11.1. The van der Waals surface area contributed by atoms with Gasteiger partial charge in [-0.3, -0.25) is 0 Å². The summed E-state index contributed by atoms with van der Waals surface area (Å²) in [5, 5.41) is 2.51. The van der Waals surface area contributed by atoms with Crippen molar-refractivity contribution >= 4 is 29.1 Å². The van der Waals surface area contributed by atoms with Crippen LogP contribution in [0.3, 0.4) is 0 Å². The van der Waals surface area contributed by atoms with Crippen LogP contribution in [0.2, 0.25) is 5.02 Å². The van der Waals surface area contributed by atoms with E-state index in [0.29, 0.717) is 24.3 Å². The molecule has 2 amide bonds. The van der Waals surface area contributed by atoms with Gasteiger partial charge in [0.05, 0.1) is 5.02 Å². The van der Waals surface area contributed by atoms with Crippen molar-refractivity contribution in [2.24, 2.45) is 5.73 Å². The molecule has 0 aliphatic carbocycles. The average molecular weight is 488 g/mol. The highest BCUT2D eigenvalue weighted by molar-refractivity contribution is 6.31. The Hall–Kier alpha value is -3.43. The monoisotopic (exact) mass is 487 g/mol. The molecule has 0 saturated carbocycles. The van der Waals surface area contributed by atoms with Crippen molar-refractivity contribution in [3.63, 3.8) is 0 Å². The van der Waals surface area contributed by atoms with Crippen molar-refractivity contribution in [3.05, 3.63) is 70.9 Å². The molecule has 10 heteroatoms. The molecule has 1 aromatic heterocycles. The molecule has 0 spiro atoms. The third-order valence-corrected chi connectivity index (χ3v) is 6.04. The fourth-order valence-electron chi connectivity index (χ4n) is 3.79. The van der Waals surface area contributed by atoms with Crippen LogP contribution in [-0.2, 0) is 0 Å². The Balaban J connectivity index is 1.50. The number of likely N-dealkylation sites (tertiary alicyclic amines) is 1. The molecule has 0 bridgehead atoms. The van der Waals surface area contributed by atoms with E-state index in [0.717, 1.165) is 24.1 Å². The minimum atomic E-state index is -0.918. The van der Waals surface area contributed by atoms with Gasteiger partial charge in [-0.25, -0.2) is 18.6 Å². The molecule has 1 saturated heterocycles. The SMILES string of the molecule is CC(Oc1cc(-c2ccc(NC(=O)N3CC[C@H](N)C3)cc2)cnc1N)c1c(F)ccc(F)c1Cl. The van der Waals surface area contributed by atoms with Crippen molar-refractivity contribution in [1.29, 1.82) is 0 Å². The quantitative estimate of drug-likeness (QED) is 0.441. The Morgan fingerprint density at radius 3 is 2.59 bits per heavy atom. The van der Waals surface area contributed by atoms with Gasteiger partial charge in [0.15, 0.2) is 11.6 Å². The summed E-state index contributed by atoms with van der Waals surface area (Å²) in [5.41, 5.74) is 13.8. The molecule has 1 unspecified atom stereocenters. The number of carbonyl (C=O) groups is 1. The maximum atomic E-state index is 14.3. The van der Waals surface area contributed by atoms with E-state index in [1.165, 1.54) is 0 Å². The lowest BCUT2D eigenvalue weighted by Crippen LogP contribution is -2.35. The summed E-state index contributed by atoms with van der Waals surface area (Å²) in [4.78, 5) is 18.2. The lowest BCUT2D eigenvalue weighted by atomic mass is 10.1. The fourth-order valence-corrected chi connectivity index (χ4v) is 4.10. The number of aromatic nitrogens is 1. The number of benzene rings is 2. The number of hydrogen-bond acceptors (Lipinski definition) is 5. The van der Waals surface area contributed by atoms with Gasteiger partial charge in [-0.2, -0.15) is 0 Å². The molecule has 34 heavy (non-hydrogen) atoms. The number of nitrogens with two attached hydrogens (primary N) is 2. The Morgan fingerprint density at radius 2 is 1.91 bits per heavy atom. The Labute approximate surface area is 200 Å². The molecule has 2 aromatic carbocycles. The average Bonchev–Trinajstić information content (AvgIpc) is 3.25. The standard InChI is InChI=1S/C24H24ClF2N5O2/c1-13(21-18(26)6-7-19(27)22(21)25)34-20-10-15(11-30-23(20)29)14-2-4-17(5-3-14)31-24(33)32-9-8-16(28)12-32/h2-7,10-11,13,16H,8-9,12,28H2,1H3,(H2,29,30)(H,31,33)/t13?,16-/m0/s1. The topological polar surface area (TPSA) is 106 Å². The number of nitrogens with one attached hydrogen (secondary N) is 1. The maximum Gasteiger partial charge on any atom is 0.321 e. The third kappa shape index (κ3) is 5.05. The normalized spacial score (nSPS) is 16.4. The fraction of sp³-hybridized carbons (Fsp3) is 0.250. The van der Waals surface area contributed by atoms with E-state index < -0.39 is 17.7 Å². The Bertz CT molecular complexity index is 1210. The Kier molecular flexibility index (Phi) is 6.85. The second kappa shape index (κ2) is 9.82. The van der Waals surface area contributed by atoms with Gasteiger partial charge in [0.1, 0.15) is 17.7 Å². The predicted molar refractivity (Wildman–Crippen MR) is 128 cm³/mol. The van der Waals surface area contributed by atoms with Gasteiger partial charge in [0, 0.05) is 42.1 Å². The number of nitrogen functional groups attached to an aromatic ring is 1. The number of hydrogen-bond donors (Lipinski definition) is 3. The van der Waals surface area contributed by atoms with Crippen LogP contribution in [0.5, 0.6) is 5.75 Å². The number of halogens is 3. The van der Waals surface area contributed by atoms with Crippen LogP contribution in [0, 0.1) is 11.6 Å². The highest BCUT2D eigenvalue weighted by atomic mass is 35.5. The number of amides is 2. The van der Waals surface area contributed by atoms with Crippen LogP contribution in [0.4, 0.5) is 25.1 Å². The smallest absolute Gasteiger partial charge is 0.321 e. The number of anilines is 2. The molecule has 1 fully saturated rings. The van der Waals surface area contributed by atoms with Crippen LogP contribution < -0.4 is 21.5 Å². The number of ether oxygens (including phenoxy) is 1. The predicted octanol–water partition coefficient (Wildman–Crippen LogP) is 4.97. The molecule has 178 valence electrons. The summed E-state index contributed by atoms with van der Waals surface area (Å²) in [6.07, 6.45) is 1.44. The maximum absolute atomic E-state index is 14.3. The summed E-state index contributed by atoms with van der Waals surface area (Å²) in [7, 11) is 0. The molecule has 3 aromatic rings. The molecule has 5 N–H and O–H groups in total. The van der Waals surface area contributed by atoms with Crippen molar-refractivity contribution in [1.82, 2.24) is 9.88 Å². The third-order valence-electron chi connectivity index (χ3n) is 5.65. The molecule has 4 rings (SSSR count). The van der Waals surface area contributed by atoms with E-state index in [9.17, 15) is 13.6 Å². The first kappa shape index (κ1) is 23.7. The van der Waals surface area contributed by atoms with Crippen LogP contribution in [0.15, 0.2) is 48.7 Å². The molecule has 0 radical (unpaired) electrons. The van der Waals surface area contributed by atoms with Gasteiger partial charge < -0.3 is 26.4 Å². The summed E-state index contributed by atoms with van der Waals surface area (Å²) in [6, 6.07) is 10.6. The number of nitrogens with zero attached hydrogens (tertiary/aromatic N) is 2. The van der Waals surface area contributed by atoms with Crippen LogP contribution >= 0.6 is 11.6 Å². The van der Waals surface area contributed by atoms with Gasteiger partial charge in [-0.1, -0.05) is 23.7 Å². The molecular weight excluding hydrogens is 464 g/mol. The van der Waals surface area contributed by atoms with Crippen molar-refractivity contribution in [2.45, 2.75) is 25.5 Å².